The van der Waals surface area contributed by atoms with E-state index < -0.39 is 29.6 Å². The first kappa shape index (κ1) is 17.6. The number of nitrogens with one attached hydrogen (secondary N) is 2. The number of β-lactam (4-membered cyclic amide) rings is 1. The van der Waals surface area contributed by atoms with E-state index in [1.807, 2.05) is 24.3 Å². The highest BCUT2D eigenvalue weighted by molar-refractivity contribution is 6.15. The zero-order valence-corrected chi connectivity index (χ0v) is 14.9. The number of carboxylic acid groups (broad SMARTS) is 1. The molecule has 1 aromatic heterocycles. The number of methoxy groups -OCH3 is 1. The van der Waals surface area contributed by atoms with Gasteiger partial charge in [-0.2, -0.15) is 0 Å². The van der Waals surface area contributed by atoms with Crippen molar-refractivity contribution in [3.63, 3.8) is 0 Å². The number of hydrogen-bond donors (Lipinski definition) is 3. The van der Waals surface area contributed by atoms with Crippen LogP contribution in [-0.4, -0.2) is 45.9 Å². The molecular weight excluding hydrogens is 362 g/mol. The molecule has 1 aliphatic heterocycles. The Labute approximate surface area is 159 Å². The molecule has 0 unspecified atom stereocenters. The Morgan fingerprint density at radius 1 is 1.14 bits per heavy atom. The van der Waals surface area contributed by atoms with Crippen molar-refractivity contribution in [3.05, 3.63) is 60.3 Å². The Balaban J connectivity index is 1.62. The number of aromatic amines is 1. The van der Waals surface area contributed by atoms with Crippen LogP contribution < -0.4 is 10.2 Å². The Morgan fingerprint density at radius 2 is 1.86 bits per heavy atom. The fraction of sp³-hybridized carbons (Fsp3) is 0.150. The molecule has 0 aliphatic carbocycles. The Bertz CT molecular complexity index is 1040. The molecule has 2 atom stereocenters. The van der Waals surface area contributed by atoms with Gasteiger partial charge in [0.15, 0.2) is 5.92 Å². The highest BCUT2D eigenvalue weighted by atomic mass is 16.5. The van der Waals surface area contributed by atoms with E-state index in [2.05, 4.69) is 10.4 Å². The SMILES string of the molecule is COc1ccc(NN2C(=O)[C@H](C(=O)O)[C@@H]2C(=O)c2cc3ccccc3[nH]2)cc1. The second kappa shape index (κ2) is 6.73. The number of hydrogen-bond acceptors (Lipinski definition) is 5. The number of carbonyl (C=O) groups is 3. The van der Waals surface area contributed by atoms with Crippen molar-refractivity contribution in [1.29, 1.82) is 0 Å². The van der Waals surface area contributed by atoms with E-state index in [0.717, 1.165) is 15.9 Å². The van der Waals surface area contributed by atoms with Gasteiger partial charge in [-0.3, -0.25) is 19.8 Å². The molecule has 2 aromatic carbocycles. The zero-order chi connectivity index (χ0) is 19.8. The zero-order valence-electron chi connectivity index (χ0n) is 14.9. The number of H-pyrrole nitrogens is 1. The van der Waals surface area contributed by atoms with Crippen molar-refractivity contribution in [2.75, 3.05) is 12.5 Å². The average Bonchev–Trinajstić information content (AvgIpc) is 3.14. The van der Waals surface area contributed by atoms with Crippen LogP contribution in [0, 0.1) is 5.92 Å². The van der Waals surface area contributed by atoms with Crippen LogP contribution in [-0.2, 0) is 9.59 Å². The molecule has 4 rings (SSSR count). The van der Waals surface area contributed by atoms with Crippen LogP contribution in [0.5, 0.6) is 5.75 Å². The maximum Gasteiger partial charge on any atom is 0.318 e. The molecule has 8 heteroatoms. The second-order valence-corrected chi connectivity index (χ2v) is 6.44. The number of ketones is 1. The van der Waals surface area contributed by atoms with Crippen molar-refractivity contribution >= 4 is 34.3 Å². The van der Waals surface area contributed by atoms with Crippen LogP contribution in [0.1, 0.15) is 10.5 Å². The van der Waals surface area contributed by atoms with Gasteiger partial charge in [-0.15, -0.1) is 0 Å². The molecule has 1 aliphatic rings. The van der Waals surface area contributed by atoms with Crippen molar-refractivity contribution in [2.45, 2.75) is 6.04 Å². The number of Topliss-reactive ketones (excluding diaryl/α,β-unsaturated/α-hetero) is 1. The summed E-state index contributed by atoms with van der Waals surface area (Å²) in [5.74, 6) is -3.26. The molecule has 2 heterocycles. The van der Waals surface area contributed by atoms with Gasteiger partial charge >= 0.3 is 5.97 Å². The lowest BCUT2D eigenvalue weighted by Gasteiger charge is -2.43. The van der Waals surface area contributed by atoms with E-state index >= 15 is 0 Å². The number of nitrogens with zero attached hydrogens (tertiary/aromatic N) is 1. The molecular formula is C20H17N3O5. The molecule has 1 fully saturated rings. The van der Waals surface area contributed by atoms with Crippen molar-refractivity contribution < 1.29 is 24.2 Å². The Hall–Kier alpha value is -3.81. The molecule has 3 aromatic rings. The summed E-state index contributed by atoms with van der Waals surface area (Å²) in [5, 5.41) is 11.3. The van der Waals surface area contributed by atoms with E-state index in [-0.39, 0.29) is 5.69 Å². The molecule has 8 nitrogen and oxygen atoms in total. The lowest BCUT2D eigenvalue weighted by Crippen LogP contribution is -2.68. The number of carboxylic acids is 1. The van der Waals surface area contributed by atoms with Gasteiger partial charge in [-0.1, -0.05) is 18.2 Å². The van der Waals surface area contributed by atoms with Crippen LogP contribution >= 0.6 is 0 Å². The Morgan fingerprint density at radius 3 is 2.50 bits per heavy atom. The number of aliphatic carboxylic acids is 1. The summed E-state index contributed by atoms with van der Waals surface area (Å²) in [6, 6.07) is 14.6. The summed E-state index contributed by atoms with van der Waals surface area (Å²) in [6.45, 7) is 0. The first-order valence-corrected chi connectivity index (χ1v) is 8.58. The number of carbonyl (C=O) groups excluding carboxylic acids is 2. The molecule has 0 spiro atoms. The first-order chi connectivity index (χ1) is 13.5. The van der Waals surface area contributed by atoms with Crippen molar-refractivity contribution in [3.8, 4) is 5.75 Å². The van der Waals surface area contributed by atoms with Gasteiger partial charge in [0, 0.05) is 10.9 Å². The lowest BCUT2D eigenvalue weighted by atomic mass is 9.85. The molecule has 0 saturated carbocycles. The van der Waals surface area contributed by atoms with Crippen LogP contribution in [0.4, 0.5) is 5.69 Å². The quantitative estimate of drug-likeness (QED) is 0.344. The molecule has 0 radical (unpaired) electrons. The van der Waals surface area contributed by atoms with E-state index in [1.54, 1.807) is 30.3 Å². The molecule has 0 bridgehead atoms. The van der Waals surface area contributed by atoms with E-state index in [9.17, 15) is 19.5 Å². The smallest absolute Gasteiger partial charge is 0.318 e. The fourth-order valence-corrected chi connectivity index (χ4v) is 3.29. The third-order valence-electron chi connectivity index (χ3n) is 4.77. The van der Waals surface area contributed by atoms with Gasteiger partial charge in [0.1, 0.15) is 11.8 Å². The standard InChI is InChI=1S/C20H17N3O5/c1-28-13-8-6-12(7-9-13)22-23-17(16(19(23)25)20(26)27)18(24)15-10-11-4-2-3-5-14(11)21-15/h2-10,16-17,21-22H,1H3,(H,26,27)/t16-,17-/m1/s1. The maximum atomic E-state index is 13.0. The van der Waals surface area contributed by atoms with Crippen molar-refractivity contribution in [1.82, 2.24) is 9.99 Å². The number of para-hydroxylation sites is 1. The van der Waals surface area contributed by atoms with Gasteiger partial charge < -0.3 is 14.8 Å². The van der Waals surface area contributed by atoms with Crippen molar-refractivity contribution in [2.24, 2.45) is 5.92 Å². The number of rotatable bonds is 6. The van der Waals surface area contributed by atoms with Crippen LogP contribution in [0.25, 0.3) is 10.9 Å². The van der Waals surface area contributed by atoms with E-state index in [4.69, 9.17) is 4.74 Å². The number of ether oxygens (including phenoxy) is 1. The summed E-state index contributed by atoms with van der Waals surface area (Å²) in [6.07, 6.45) is 0. The van der Waals surface area contributed by atoms with Gasteiger partial charge in [0.2, 0.25) is 5.78 Å². The van der Waals surface area contributed by atoms with Gasteiger partial charge in [0.25, 0.3) is 5.91 Å². The monoisotopic (exact) mass is 379 g/mol. The molecule has 3 N–H and O–H groups in total. The lowest BCUT2D eigenvalue weighted by molar-refractivity contribution is -0.164. The normalized spacial score (nSPS) is 18.6. The molecule has 1 saturated heterocycles. The van der Waals surface area contributed by atoms with Crippen LogP contribution in [0.15, 0.2) is 54.6 Å². The molecule has 142 valence electrons. The number of aromatic nitrogens is 1. The van der Waals surface area contributed by atoms with Crippen LogP contribution in [0.3, 0.4) is 0 Å². The van der Waals surface area contributed by atoms with E-state index in [0.29, 0.717) is 11.4 Å². The predicted octanol–water partition coefficient (Wildman–Crippen LogP) is 2.30. The average molecular weight is 379 g/mol. The molecule has 28 heavy (non-hydrogen) atoms. The number of hydrazine groups is 1. The third kappa shape index (κ3) is 2.84. The van der Waals surface area contributed by atoms with Crippen LogP contribution in [0.2, 0.25) is 0 Å². The summed E-state index contributed by atoms with van der Waals surface area (Å²) in [5.41, 5.74) is 4.38. The minimum atomic E-state index is -1.43. The fourth-order valence-electron chi connectivity index (χ4n) is 3.29. The number of benzene rings is 2. The minimum absolute atomic E-state index is 0.256. The summed E-state index contributed by atoms with van der Waals surface area (Å²) in [4.78, 5) is 39.9. The maximum absolute atomic E-state index is 13.0. The Kier molecular flexibility index (Phi) is 4.23. The van der Waals surface area contributed by atoms with E-state index in [1.165, 1.54) is 7.11 Å². The topological polar surface area (TPSA) is 112 Å². The summed E-state index contributed by atoms with van der Waals surface area (Å²) < 4.78 is 5.09. The highest BCUT2D eigenvalue weighted by Gasteiger charge is 2.56. The summed E-state index contributed by atoms with van der Waals surface area (Å²) in [7, 11) is 1.54. The largest absolute Gasteiger partial charge is 0.497 e. The molecule has 1 amide bonds. The third-order valence-corrected chi connectivity index (χ3v) is 4.77. The second-order valence-electron chi connectivity index (χ2n) is 6.44. The number of fused-ring (bicyclic) bond motifs is 1. The predicted molar refractivity (Wildman–Crippen MR) is 101 cm³/mol. The minimum Gasteiger partial charge on any atom is -0.497 e. The van der Waals surface area contributed by atoms with Gasteiger partial charge in [-0.25, -0.2) is 5.01 Å². The summed E-state index contributed by atoms with van der Waals surface area (Å²) >= 11 is 0. The van der Waals surface area contributed by atoms with Gasteiger partial charge in [0.05, 0.1) is 18.5 Å². The van der Waals surface area contributed by atoms with Gasteiger partial charge in [-0.05, 0) is 36.4 Å². The first-order valence-electron chi connectivity index (χ1n) is 8.58. The highest BCUT2D eigenvalue weighted by Crippen LogP contribution is 2.31. The number of amides is 1. The number of anilines is 1.